The fourth-order valence-corrected chi connectivity index (χ4v) is 0. The molecule has 4 heavy (non-hydrogen) atoms. The number of hydrogen-bond acceptors (Lipinski definition) is 0. The smallest absolute Gasteiger partial charge is 1.00 e. The van der Waals surface area contributed by atoms with Gasteiger partial charge in [-0.1, -0.05) is 0 Å². The Labute approximate surface area is 97.3 Å². The average Bonchev–Trinajstić information content (AvgIpc) is 0. The van der Waals surface area contributed by atoms with E-state index in [4.69, 9.17) is 0 Å². The van der Waals surface area contributed by atoms with Crippen molar-refractivity contribution < 1.29 is 99.6 Å². The monoisotopic (exact) mass is 160 g/mol. The summed E-state index contributed by atoms with van der Waals surface area (Å²) in [5.41, 5.74) is 0. The van der Waals surface area contributed by atoms with Crippen LogP contribution in [0.5, 0.6) is 0 Å². The molecule has 0 saturated heterocycles. The molecule has 0 aromatic rings. The summed E-state index contributed by atoms with van der Waals surface area (Å²) in [6.45, 7) is 0. The van der Waals surface area contributed by atoms with E-state index in [2.05, 4.69) is 0 Å². The van der Waals surface area contributed by atoms with Gasteiger partial charge in [-0.05, 0) is 0 Å². The maximum Gasteiger partial charge on any atom is 1.00 e. The summed E-state index contributed by atoms with van der Waals surface area (Å²) in [6.07, 6.45) is 0. The van der Waals surface area contributed by atoms with E-state index < -0.39 is 0 Å². The van der Waals surface area contributed by atoms with Gasteiger partial charge in [0.2, 0.25) is 0 Å². The minimum absolute atomic E-state index is 0. The molecule has 0 radical (unpaired) electrons. The van der Waals surface area contributed by atoms with Gasteiger partial charge in [0.15, 0.2) is 0 Å². The predicted octanol–water partition coefficient (Wildman–Crippen LogP) is -12.0. The topological polar surface area (TPSA) is 0 Å². The van der Waals surface area contributed by atoms with E-state index >= 15 is 0 Å². The van der Waals surface area contributed by atoms with Crippen LogP contribution in [-0.4, -0.2) is 0 Å². The molecule has 0 amide bonds. The summed E-state index contributed by atoms with van der Waals surface area (Å²) in [5, 5.41) is 0. The second kappa shape index (κ2) is 16.7. The van der Waals surface area contributed by atoms with Gasteiger partial charge in [0, 0.05) is 0 Å². The Bertz CT molecular complexity index is 8.00. The Morgan fingerprint density at radius 2 is 1.00 bits per heavy atom. The Morgan fingerprint density at radius 1 is 1.00 bits per heavy atom. The van der Waals surface area contributed by atoms with Gasteiger partial charge in [-0.2, -0.15) is 0 Å². The summed E-state index contributed by atoms with van der Waals surface area (Å²) in [4.78, 5) is 0. The van der Waals surface area contributed by atoms with Crippen molar-refractivity contribution in [3.05, 3.63) is 0 Å². The summed E-state index contributed by atoms with van der Waals surface area (Å²) >= 11 is 0. The van der Waals surface area contributed by atoms with Crippen LogP contribution in [0.15, 0.2) is 0 Å². The van der Waals surface area contributed by atoms with E-state index in [1.165, 1.54) is 0 Å². The van der Waals surface area contributed by atoms with Gasteiger partial charge >= 0.3 is 70.2 Å². The Morgan fingerprint density at radius 3 is 1.00 bits per heavy atom. The minimum Gasteiger partial charge on any atom is -1.00 e. The van der Waals surface area contributed by atoms with E-state index in [9.17, 15) is 0 Å². The molecule has 0 aliphatic carbocycles. The molecule has 0 rings (SSSR count). The second-order valence-electron chi connectivity index (χ2n) is 0. The molecule has 0 heterocycles. The number of rotatable bonds is 0. The third-order valence-corrected chi connectivity index (χ3v) is 0. The van der Waals surface area contributed by atoms with Crippen molar-refractivity contribution >= 4 is 0 Å². The van der Waals surface area contributed by atoms with Gasteiger partial charge in [-0.15, -0.1) is 0 Å². The second-order valence-corrected chi connectivity index (χ2v) is 0. The van der Waals surface area contributed by atoms with Crippen molar-refractivity contribution in [3.8, 4) is 0 Å². The van der Waals surface area contributed by atoms with Crippen LogP contribution in [-0.2, 0) is 0 Å². The first kappa shape index (κ1) is 28.0. The maximum atomic E-state index is 0. The Hall–Kier alpha value is 3.00. The zero-order valence-electron chi connectivity index (χ0n) is 2.76. The molecular weight excluding hydrogens is 161 g/mol. The quantitative estimate of drug-likeness (QED) is 0.310. The molecule has 4 heteroatoms. The van der Waals surface area contributed by atoms with Crippen LogP contribution in [0.3, 0.4) is 0 Å². The van der Waals surface area contributed by atoms with Gasteiger partial charge in [-0.3, -0.25) is 0 Å². The van der Waals surface area contributed by atoms with Crippen LogP contribution in [0.25, 0.3) is 0 Å². The zero-order valence-corrected chi connectivity index (χ0v) is 8.22. The molecule has 0 aliphatic heterocycles. The molecule has 0 aliphatic rings. The van der Waals surface area contributed by atoms with Crippen molar-refractivity contribution in [2.24, 2.45) is 0 Å². The third-order valence-electron chi connectivity index (χ3n) is 0. The average molecular weight is 161 g/mol. The summed E-state index contributed by atoms with van der Waals surface area (Å²) in [7, 11) is 0. The summed E-state index contributed by atoms with van der Waals surface area (Å²) < 4.78 is 0. The first-order chi connectivity index (χ1) is 0. The summed E-state index contributed by atoms with van der Waals surface area (Å²) in [5.74, 6) is 0. The predicted molar refractivity (Wildman–Crippen MR) is 0 cm³/mol. The van der Waals surface area contributed by atoms with E-state index in [1.54, 1.807) is 0 Å². The Kier molecular flexibility index (Phi) is 117. The molecule has 0 nitrogen and oxygen atoms in total. The molecule has 0 atom stereocenters. The number of hydrogen-bond donors (Lipinski definition) is 0. The van der Waals surface area contributed by atoms with Crippen LogP contribution in [0.1, 0.15) is 0 Å². The third kappa shape index (κ3) is 8.89. The fraction of sp³-hybridized carbons (Fsp3) is 0. The number of halogens is 2. The van der Waals surface area contributed by atoms with Gasteiger partial charge < -0.3 is 29.4 Å². The van der Waals surface area contributed by atoms with Crippen molar-refractivity contribution in [3.63, 3.8) is 0 Å². The fourth-order valence-electron chi connectivity index (χ4n) is 0. The SMILES string of the molecule is [Br-].[Cl-].[K+].[Li+]. The van der Waals surface area contributed by atoms with Gasteiger partial charge in [0.05, 0.1) is 0 Å². The zero-order chi connectivity index (χ0) is 0. The van der Waals surface area contributed by atoms with E-state index in [0.29, 0.717) is 0 Å². The molecule has 0 unspecified atom stereocenters. The van der Waals surface area contributed by atoms with E-state index in [0.717, 1.165) is 0 Å². The molecule has 0 bridgehead atoms. The van der Waals surface area contributed by atoms with Crippen LogP contribution < -0.4 is 99.6 Å². The van der Waals surface area contributed by atoms with Crippen LogP contribution >= 0.6 is 0 Å². The van der Waals surface area contributed by atoms with E-state index in [1.807, 2.05) is 0 Å². The summed E-state index contributed by atoms with van der Waals surface area (Å²) in [6, 6.07) is 0. The van der Waals surface area contributed by atoms with Gasteiger partial charge in [0.1, 0.15) is 0 Å². The molecular formula is BrClKLi. The molecule has 0 N–H and O–H groups in total. The van der Waals surface area contributed by atoms with E-state index in [-0.39, 0.29) is 99.6 Å². The molecule has 16 valence electrons. The Balaban J connectivity index is 0. The van der Waals surface area contributed by atoms with Crippen LogP contribution in [0.4, 0.5) is 0 Å². The molecule has 0 aromatic heterocycles. The standard InChI is InChI=1S/BrH.ClH.K.Li/h2*1H;;/q;;2*+1/p-2. The first-order valence-corrected chi connectivity index (χ1v) is 0. The molecule has 0 aromatic carbocycles. The van der Waals surface area contributed by atoms with Crippen LogP contribution in [0.2, 0.25) is 0 Å². The molecule has 0 spiro atoms. The van der Waals surface area contributed by atoms with Crippen molar-refractivity contribution in [2.45, 2.75) is 0 Å². The van der Waals surface area contributed by atoms with Gasteiger partial charge in [0.25, 0.3) is 0 Å². The van der Waals surface area contributed by atoms with Crippen LogP contribution in [0, 0.1) is 0 Å². The minimum atomic E-state index is 0. The van der Waals surface area contributed by atoms with Gasteiger partial charge in [-0.25, -0.2) is 0 Å². The largest absolute Gasteiger partial charge is 1.00 e. The van der Waals surface area contributed by atoms with Crippen molar-refractivity contribution in [1.29, 1.82) is 0 Å². The first-order valence-electron chi connectivity index (χ1n) is 0. The maximum absolute atomic E-state index is 0. The molecule has 0 saturated carbocycles. The molecule has 0 fully saturated rings. The normalized spacial score (nSPS) is 0. The van der Waals surface area contributed by atoms with Crippen molar-refractivity contribution in [2.75, 3.05) is 0 Å². The van der Waals surface area contributed by atoms with Crippen molar-refractivity contribution in [1.82, 2.24) is 0 Å².